The third kappa shape index (κ3) is 2.23. The Morgan fingerprint density at radius 1 is 1.25 bits per heavy atom. The van der Waals surface area contributed by atoms with Gasteiger partial charge in [-0.25, -0.2) is 9.78 Å². The zero-order valence-electron chi connectivity index (χ0n) is 10.4. The first kappa shape index (κ1) is 12.6. The van der Waals surface area contributed by atoms with E-state index >= 15 is 0 Å². The summed E-state index contributed by atoms with van der Waals surface area (Å²) in [5.41, 5.74) is 1.43. The monoisotopic (exact) mass is 287 g/mol. The van der Waals surface area contributed by atoms with E-state index in [1.807, 2.05) is 6.92 Å². The van der Waals surface area contributed by atoms with Gasteiger partial charge < -0.3 is 9.63 Å². The van der Waals surface area contributed by atoms with Crippen molar-refractivity contribution >= 4 is 28.8 Å². The number of carbonyl (C=O) groups is 1. The number of carboxylic acids is 1. The Kier molecular flexibility index (Phi) is 3.11. The molecule has 3 aromatic rings. The van der Waals surface area contributed by atoms with E-state index < -0.39 is 5.97 Å². The standard InChI is InChI=1S/C13H9N3O3S/c1-7-10-11(19-16-7)14-6-15-12(10)20-9-4-2-8(3-5-9)13(17)18/h2-6H,1H3,(H,17,18). The van der Waals surface area contributed by atoms with E-state index in [0.717, 1.165) is 21.0 Å². The van der Waals surface area contributed by atoms with Crippen LogP contribution in [-0.2, 0) is 0 Å². The average Bonchev–Trinajstić information content (AvgIpc) is 2.82. The molecule has 1 aromatic carbocycles. The number of fused-ring (bicyclic) bond motifs is 1. The Bertz CT molecular complexity index is 783. The predicted octanol–water partition coefficient (Wildman–Crippen LogP) is 2.78. The molecule has 7 heteroatoms. The van der Waals surface area contributed by atoms with Gasteiger partial charge in [0.05, 0.1) is 16.6 Å². The van der Waals surface area contributed by atoms with Crippen molar-refractivity contribution in [2.45, 2.75) is 16.8 Å². The minimum absolute atomic E-state index is 0.253. The van der Waals surface area contributed by atoms with Crippen LogP contribution in [-0.4, -0.2) is 26.2 Å². The zero-order chi connectivity index (χ0) is 14.1. The van der Waals surface area contributed by atoms with Crippen LogP contribution < -0.4 is 0 Å². The molecule has 0 aliphatic heterocycles. The molecule has 1 N–H and O–H groups in total. The van der Waals surface area contributed by atoms with Crippen molar-refractivity contribution in [3.63, 3.8) is 0 Å². The van der Waals surface area contributed by atoms with Crippen LogP contribution in [0.2, 0.25) is 0 Å². The molecule has 2 heterocycles. The van der Waals surface area contributed by atoms with Gasteiger partial charge >= 0.3 is 5.97 Å². The predicted molar refractivity (Wildman–Crippen MR) is 71.9 cm³/mol. The summed E-state index contributed by atoms with van der Waals surface area (Å²) in [7, 11) is 0. The van der Waals surface area contributed by atoms with Gasteiger partial charge in [-0.15, -0.1) is 0 Å². The summed E-state index contributed by atoms with van der Waals surface area (Å²) < 4.78 is 5.09. The summed E-state index contributed by atoms with van der Waals surface area (Å²) in [5.74, 6) is -0.944. The van der Waals surface area contributed by atoms with Gasteiger partial charge in [0.1, 0.15) is 11.4 Å². The van der Waals surface area contributed by atoms with Gasteiger partial charge in [-0.2, -0.15) is 4.98 Å². The number of aryl methyl sites for hydroxylation is 1. The molecule has 3 rings (SSSR count). The van der Waals surface area contributed by atoms with Crippen LogP contribution in [0, 0.1) is 6.92 Å². The van der Waals surface area contributed by atoms with Gasteiger partial charge in [-0.05, 0) is 31.2 Å². The topological polar surface area (TPSA) is 89.1 Å². The summed E-state index contributed by atoms with van der Waals surface area (Å²) in [6.45, 7) is 1.83. The van der Waals surface area contributed by atoms with E-state index in [1.54, 1.807) is 24.3 Å². The van der Waals surface area contributed by atoms with Gasteiger partial charge in [0, 0.05) is 4.90 Å². The van der Waals surface area contributed by atoms with Crippen LogP contribution in [0.4, 0.5) is 0 Å². The first-order chi connectivity index (χ1) is 9.65. The smallest absolute Gasteiger partial charge is 0.335 e. The molecule has 0 bridgehead atoms. The van der Waals surface area contributed by atoms with E-state index in [1.165, 1.54) is 18.1 Å². The largest absolute Gasteiger partial charge is 0.478 e. The first-order valence-electron chi connectivity index (χ1n) is 5.73. The van der Waals surface area contributed by atoms with Gasteiger partial charge in [-0.1, -0.05) is 16.9 Å². The molecule has 0 fully saturated rings. The molecule has 0 saturated carbocycles. The molecule has 100 valence electrons. The number of aromatic carboxylic acids is 1. The van der Waals surface area contributed by atoms with Gasteiger partial charge in [0.2, 0.25) is 0 Å². The Morgan fingerprint density at radius 3 is 2.70 bits per heavy atom. The van der Waals surface area contributed by atoms with E-state index in [2.05, 4.69) is 15.1 Å². The van der Waals surface area contributed by atoms with Gasteiger partial charge in [0.25, 0.3) is 5.71 Å². The van der Waals surface area contributed by atoms with Crippen molar-refractivity contribution in [1.82, 2.24) is 15.1 Å². The quantitative estimate of drug-likeness (QED) is 0.741. The van der Waals surface area contributed by atoms with Gasteiger partial charge in [-0.3, -0.25) is 0 Å². The maximum absolute atomic E-state index is 10.8. The molecular weight excluding hydrogens is 278 g/mol. The highest BCUT2D eigenvalue weighted by Crippen LogP contribution is 2.32. The minimum Gasteiger partial charge on any atom is -0.478 e. The average molecular weight is 287 g/mol. The van der Waals surface area contributed by atoms with Crippen molar-refractivity contribution in [3.05, 3.63) is 41.9 Å². The Morgan fingerprint density at radius 2 is 2.00 bits per heavy atom. The summed E-state index contributed by atoms with van der Waals surface area (Å²) in [6.07, 6.45) is 1.42. The fraction of sp³-hybridized carbons (Fsp3) is 0.0769. The lowest BCUT2D eigenvalue weighted by Gasteiger charge is -2.02. The number of carboxylic acid groups (broad SMARTS) is 1. The Balaban J connectivity index is 1.96. The van der Waals surface area contributed by atoms with Crippen molar-refractivity contribution in [1.29, 1.82) is 0 Å². The van der Waals surface area contributed by atoms with Crippen molar-refractivity contribution in [2.75, 3.05) is 0 Å². The number of benzene rings is 1. The Hall–Kier alpha value is -2.41. The lowest BCUT2D eigenvalue weighted by atomic mass is 10.2. The number of rotatable bonds is 3. The third-order valence-electron chi connectivity index (χ3n) is 2.72. The van der Waals surface area contributed by atoms with Crippen LogP contribution in [0.5, 0.6) is 0 Å². The fourth-order valence-corrected chi connectivity index (χ4v) is 2.68. The number of aromatic nitrogens is 3. The summed E-state index contributed by atoms with van der Waals surface area (Å²) in [4.78, 5) is 19.9. The highest BCUT2D eigenvalue weighted by Gasteiger charge is 2.13. The second kappa shape index (κ2) is 4.93. The van der Waals surface area contributed by atoms with E-state index in [4.69, 9.17) is 9.63 Å². The summed E-state index contributed by atoms with van der Waals surface area (Å²) in [6, 6.07) is 6.60. The van der Waals surface area contributed by atoms with Crippen LogP contribution >= 0.6 is 11.8 Å². The minimum atomic E-state index is -0.944. The number of nitrogens with zero attached hydrogens (tertiary/aromatic N) is 3. The first-order valence-corrected chi connectivity index (χ1v) is 6.55. The third-order valence-corrected chi connectivity index (χ3v) is 3.74. The lowest BCUT2D eigenvalue weighted by molar-refractivity contribution is 0.0697. The zero-order valence-corrected chi connectivity index (χ0v) is 11.2. The highest BCUT2D eigenvalue weighted by molar-refractivity contribution is 7.99. The Labute approximate surface area is 117 Å². The fourth-order valence-electron chi connectivity index (χ4n) is 1.74. The molecule has 0 radical (unpaired) electrons. The van der Waals surface area contributed by atoms with Crippen LogP contribution in [0.3, 0.4) is 0 Å². The summed E-state index contributed by atoms with van der Waals surface area (Å²) >= 11 is 1.41. The van der Waals surface area contributed by atoms with Crippen molar-refractivity contribution < 1.29 is 14.4 Å². The van der Waals surface area contributed by atoms with Crippen LogP contribution in [0.1, 0.15) is 16.1 Å². The van der Waals surface area contributed by atoms with E-state index in [9.17, 15) is 4.79 Å². The van der Waals surface area contributed by atoms with E-state index in [0.29, 0.717) is 5.71 Å². The molecule has 6 nitrogen and oxygen atoms in total. The molecular formula is C13H9N3O3S. The van der Waals surface area contributed by atoms with Crippen molar-refractivity contribution in [2.24, 2.45) is 0 Å². The molecule has 0 saturated heterocycles. The molecule has 2 aromatic heterocycles. The maximum Gasteiger partial charge on any atom is 0.335 e. The molecule has 0 amide bonds. The van der Waals surface area contributed by atoms with Gasteiger partial charge in [0.15, 0.2) is 0 Å². The summed E-state index contributed by atoms with van der Waals surface area (Å²) in [5, 5.41) is 14.2. The van der Waals surface area contributed by atoms with Crippen LogP contribution in [0.15, 0.2) is 45.0 Å². The molecule has 0 aliphatic carbocycles. The molecule has 20 heavy (non-hydrogen) atoms. The second-order valence-corrected chi connectivity index (χ2v) is 5.12. The molecule has 0 unspecified atom stereocenters. The molecule has 0 atom stereocenters. The SMILES string of the molecule is Cc1noc2ncnc(Sc3ccc(C(=O)O)cc3)c12. The number of hydrogen-bond donors (Lipinski definition) is 1. The second-order valence-electron chi connectivity index (χ2n) is 4.06. The van der Waals surface area contributed by atoms with E-state index in [-0.39, 0.29) is 5.56 Å². The molecule has 0 aliphatic rings. The molecule has 0 spiro atoms. The number of hydrogen-bond acceptors (Lipinski definition) is 6. The maximum atomic E-state index is 10.8. The highest BCUT2D eigenvalue weighted by atomic mass is 32.2. The lowest BCUT2D eigenvalue weighted by Crippen LogP contribution is -1.94. The van der Waals surface area contributed by atoms with Crippen LogP contribution in [0.25, 0.3) is 11.1 Å². The van der Waals surface area contributed by atoms with Crippen molar-refractivity contribution in [3.8, 4) is 0 Å². The normalized spacial score (nSPS) is 10.8.